The number of benzene rings is 1. The third-order valence-electron chi connectivity index (χ3n) is 5.00. The molecule has 2 bridgehead atoms. The first-order valence-electron chi connectivity index (χ1n) is 7.01. The largest absolute Gasteiger partial charge is 0.462 e. The van der Waals surface area contributed by atoms with E-state index in [1.807, 2.05) is 0 Å². The maximum atomic E-state index is 12.6. The van der Waals surface area contributed by atoms with Gasteiger partial charge in [-0.1, -0.05) is 29.3 Å². The Hall–Kier alpha value is -1.26. The molecule has 1 saturated heterocycles. The first kappa shape index (κ1) is 13.4. The van der Waals surface area contributed by atoms with Crippen LogP contribution in [0.1, 0.15) is 12.8 Å². The predicted octanol–water partition coefficient (Wildman–Crippen LogP) is 3.13. The number of hydrogen-bond donors (Lipinski definition) is 1. The molecule has 6 heteroatoms. The van der Waals surface area contributed by atoms with Gasteiger partial charge in [-0.15, -0.1) is 0 Å². The van der Waals surface area contributed by atoms with Crippen LogP contribution >= 0.6 is 23.2 Å². The summed E-state index contributed by atoms with van der Waals surface area (Å²) in [5.41, 5.74) is 0.486. The lowest BCUT2D eigenvalue weighted by atomic mass is 9.79. The average molecular weight is 326 g/mol. The van der Waals surface area contributed by atoms with Crippen LogP contribution in [-0.2, 0) is 14.3 Å². The van der Waals surface area contributed by atoms with Gasteiger partial charge in [-0.25, -0.2) is 0 Å². The molecule has 4 nitrogen and oxygen atoms in total. The van der Waals surface area contributed by atoms with E-state index in [2.05, 4.69) is 5.32 Å². The number of carbonyl (C=O) groups is 2. The summed E-state index contributed by atoms with van der Waals surface area (Å²) in [7, 11) is 0. The quantitative estimate of drug-likeness (QED) is 0.850. The molecule has 0 radical (unpaired) electrons. The number of anilines is 1. The first-order valence-corrected chi connectivity index (χ1v) is 7.77. The molecule has 1 aliphatic heterocycles. The molecule has 2 saturated carbocycles. The lowest BCUT2D eigenvalue weighted by molar-refractivity contribution is -0.145. The number of nitrogens with one attached hydrogen (secondary N) is 1. The molecule has 0 aromatic heterocycles. The van der Waals surface area contributed by atoms with Gasteiger partial charge in [0.15, 0.2) is 0 Å². The van der Waals surface area contributed by atoms with E-state index in [-0.39, 0.29) is 41.7 Å². The van der Waals surface area contributed by atoms with E-state index < -0.39 is 0 Å². The Balaban J connectivity index is 1.59. The fraction of sp³-hybridized carbons (Fsp3) is 0.467. The maximum Gasteiger partial charge on any atom is 0.310 e. The predicted molar refractivity (Wildman–Crippen MR) is 78.2 cm³/mol. The zero-order valence-electron chi connectivity index (χ0n) is 11.0. The maximum absolute atomic E-state index is 12.6. The second kappa shape index (κ2) is 4.62. The van der Waals surface area contributed by atoms with Crippen molar-refractivity contribution >= 4 is 40.8 Å². The number of ether oxygens (including phenoxy) is 1. The molecule has 4 rings (SSSR count). The second-order valence-electron chi connectivity index (χ2n) is 6.01. The molecule has 1 heterocycles. The Morgan fingerprint density at radius 1 is 1.29 bits per heavy atom. The third-order valence-corrected chi connectivity index (χ3v) is 5.81. The van der Waals surface area contributed by atoms with Gasteiger partial charge in [0.25, 0.3) is 0 Å². The zero-order valence-corrected chi connectivity index (χ0v) is 12.5. The lowest BCUT2D eigenvalue weighted by Crippen LogP contribution is -2.35. The Bertz CT molecular complexity index is 646. The van der Waals surface area contributed by atoms with E-state index >= 15 is 0 Å². The van der Waals surface area contributed by atoms with Crippen LogP contribution in [0.4, 0.5) is 5.69 Å². The van der Waals surface area contributed by atoms with Crippen molar-refractivity contribution < 1.29 is 14.3 Å². The van der Waals surface area contributed by atoms with E-state index in [1.54, 1.807) is 18.2 Å². The molecule has 3 aliphatic rings. The molecular weight excluding hydrogens is 313 g/mol. The molecule has 21 heavy (non-hydrogen) atoms. The van der Waals surface area contributed by atoms with Crippen LogP contribution in [0.25, 0.3) is 0 Å². The highest BCUT2D eigenvalue weighted by atomic mass is 35.5. The van der Waals surface area contributed by atoms with Gasteiger partial charge in [-0.2, -0.15) is 0 Å². The monoisotopic (exact) mass is 325 g/mol. The van der Waals surface area contributed by atoms with Crippen LogP contribution in [0.3, 0.4) is 0 Å². The summed E-state index contributed by atoms with van der Waals surface area (Å²) in [5, 5.41) is 3.53. The first-order chi connectivity index (χ1) is 10.1. The van der Waals surface area contributed by atoms with Crippen LogP contribution in [0.2, 0.25) is 10.0 Å². The lowest BCUT2D eigenvalue weighted by Gasteiger charge is -2.23. The minimum absolute atomic E-state index is 0.0336. The van der Waals surface area contributed by atoms with Crippen LogP contribution in [0, 0.1) is 23.7 Å². The van der Waals surface area contributed by atoms with Gasteiger partial charge in [0.2, 0.25) is 5.91 Å². The molecule has 2 aliphatic carbocycles. The molecule has 0 unspecified atom stereocenters. The highest BCUT2D eigenvalue weighted by Gasteiger charge is 2.63. The number of carbonyl (C=O) groups excluding carboxylic acids is 2. The van der Waals surface area contributed by atoms with Crippen molar-refractivity contribution in [2.24, 2.45) is 23.7 Å². The molecule has 1 amide bonds. The molecule has 1 N–H and O–H groups in total. The molecule has 110 valence electrons. The summed E-state index contributed by atoms with van der Waals surface area (Å²) in [6.07, 6.45) is 1.74. The van der Waals surface area contributed by atoms with Gasteiger partial charge in [0.1, 0.15) is 6.10 Å². The van der Waals surface area contributed by atoms with E-state index in [0.29, 0.717) is 15.7 Å². The van der Waals surface area contributed by atoms with Crippen molar-refractivity contribution in [2.75, 3.05) is 5.32 Å². The minimum Gasteiger partial charge on any atom is -0.462 e. The van der Waals surface area contributed by atoms with E-state index in [1.165, 1.54) is 0 Å². The molecule has 3 fully saturated rings. The second-order valence-corrected chi connectivity index (χ2v) is 6.80. The zero-order chi connectivity index (χ0) is 14.7. The third kappa shape index (κ3) is 1.89. The van der Waals surface area contributed by atoms with E-state index in [0.717, 1.165) is 12.8 Å². The molecular formula is C15H13Cl2NO3. The molecule has 1 aromatic rings. The molecule has 5 atom stereocenters. The number of esters is 1. The van der Waals surface area contributed by atoms with Gasteiger partial charge in [-0.05, 0) is 30.9 Å². The van der Waals surface area contributed by atoms with Crippen molar-refractivity contribution in [2.45, 2.75) is 18.9 Å². The van der Waals surface area contributed by atoms with E-state index in [4.69, 9.17) is 27.9 Å². The highest BCUT2D eigenvalue weighted by Crippen LogP contribution is 2.57. The fourth-order valence-corrected chi connectivity index (χ4v) is 4.53. The number of fused-ring (bicyclic) bond motifs is 1. The van der Waals surface area contributed by atoms with Crippen LogP contribution < -0.4 is 5.32 Å². The summed E-state index contributed by atoms with van der Waals surface area (Å²) in [5.74, 6) is -0.526. The van der Waals surface area contributed by atoms with Crippen molar-refractivity contribution in [3.05, 3.63) is 28.2 Å². The van der Waals surface area contributed by atoms with Crippen LogP contribution in [0.15, 0.2) is 18.2 Å². The Labute approximate surface area is 131 Å². The Morgan fingerprint density at radius 2 is 2.10 bits per heavy atom. The Kier molecular flexibility index (Phi) is 2.95. The summed E-state index contributed by atoms with van der Waals surface area (Å²) < 4.78 is 5.35. The number of hydrogen-bond acceptors (Lipinski definition) is 3. The van der Waals surface area contributed by atoms with Crippen LogP contribution in [0.5, 0.6) is 0 Å². The molecule has 0 spiro atoms. The summed E-state index contributed by atoms with van der Waals surface area (Å²) in [6.45, 7) is 0. The summed E-state index contributed by atoms with van der Waals surface area (Å²) in [4.78, 5) is 24.5. The number of halogens is 2. The van der Waals surface area contributed by atoms with Crippen molar-refractivity contribution in [1.29, 1.82) is 0 Å². The van der Waals surface area contributed by atoms with Gasteiger partial charge >= 0.3 is 5.97 Å². The average Bonchev–Trinajstić information content (AvgIpc) is 3.05. The summed E-state index contributed by atoms with van der Waals surface area (Å²) >= 11 is 12.0. The normalized spacial score (nSPS) is 35.9. The number of amides is 1. The van der Waals surface area contributed by atoms with Gasteiger partial charge in [0, 0.05) is 5.92 Å². The standard InChI is InChI=1S/C15H13Cl2NO3/c16-8-2-1-3-9(13(8)17)18-14(19)11-6-4-7-10(5-6)21-15(20)12(7)11/h1-3,6-7,10-12H,4-5H2,(H,18,19)/t6-,7+,10+,11-,12+/m1/s1. The smallest absolute Gasteiger partial charge is 0.310 e. The number of rotatable bonds is 2. The van der Waals surface area contributed by atoms with Gasteiger partial charge in [0.05, 0.1) is 27.6 Å². The SMILES string of the molecule is O=C(Nc1cccc(Cl)c1Cl)[C@@H]1[C@@H]2C[C@@H]3[C@@H]1C(=O)O[C@H]3C2. The van der Waals surface area contributed by atoms with Crippen LogP contribution in [-0.4, -0.2) is 18.0 Å². The van der Waals surface area contributed by atoms with E-state index in [9.17, 15) is 9.59 Å². The van der Waals surface area contributed by atoms with Crippen molar-refractivity contribution in [3.63, 3.8) is 0 Å². The van der Waals surface area contributed by atoms with Crippen molar-refractivity contribution in [3.8, 4) is 0 Å². The minimum atomic E-state index is -0.309. The van der Waals surface area contributed by atoms with Gasteiger partial charge < -0.3 is 10.1 Å². The topological polar surface area (TPSA) is 55.4 Å². The van der Waals surface area contributed by atoms with Gasteiger partial charge in [-0.3, -0.25) is 9.59 Å². The highest BCUT2D eigenvalue weighted by molar-refractivity contribution is 6.44. The molecule has 1 aromatic carbocycles. The summed E-state index contributed by atoms with van der Waals surface area (Å²) in [6, 6.07) is 5.09. The fourth-order valence-electron chi connectivity index (χ4n) is 4.18. The van der Waals surface area contributed by atoms with Crippen molar-refractivity contribution in [1.82, 2.24) is 0 Å². The Morgan fingerprint density at radius 3 is 2.90 bits per heavy atom.